The fraction of sp³-hybridized carbons (Fsp3) is 0.600. The number of alkyl halides is 3. The Bertz CT molecular complexity index is 813. The lowest BCUT2D eigenvalue weighted by Crippen LogP contribution is -2.54. The summed E-state index contributed by atoms with van der Waals surface area (Å²) in [6.07, 6.45) is 0.454. The predicted octanol–water partition coefficient (Wildman–Crippen LogP) is 4.35. The Morgan fingerprint density at radius 1 is 1.24 bits per heavy atom. The Hall–Kier alpha value is -1.71. The molecule has 9 heteroatoms. The number of pyridine rings is 1. The van der Waals surface area contributed by atoms with Gasteiger partial charge in [0.05, 0.1) is 5.69 Å². The molecular formula is C20H28F3N3O2Si. The molecule has 0 amide bonds. The van der Waals surface area contributed by atoms with E-state index in [9.17, 15) is 18.3 Å². The Labute approximate surface area is 170 Å². The average molecular weight is 428 g/mol. The van der Waals surface area contributed by atoms with E-state index in [0.717, 1.165) is 17.3 Å². The topological polar surface area (TPSA) is 60.2 Å². The third-order valence-corrected chi connectivity index (χ3v) is 6.98. The van der Waals surface area contributed by atoms with E-state index in [1.54, 1.807) is 17.0 Å². The standard InChI is InChI=1S/C20H28F3N3O2Si/c1-29(2,3)9-8-28-14-26-13-17(10-15-4-6-24-7-5-15)25-18(26)16-11-19(27,12-16)20(21,22)23/h4-7,13,16,27H,8-12,14H2,1-3H3. The molecular weight excluding hydrogens is 399 g/mol. The predicted molar refractivity (Wildman–Crippen MR) is 106 cm³/mol. The van der Waals surface area contributed by atoms with Crippen LogP contribution in [0.5, 0.6) is 0 Å². The van der Waals surface area contributed by atoms with Gasteiger partial charge in [0.25, 0.3) is 0 Å². The van der Waals surface area contributed by atoms with E-state index >= 15 is 0 Å². The van der Waals surface area contributed by atoms with Gasteiger partial charge in [-0.1, -0.05) is 19.6 Å². The molecule has 3 rings (SSSR count). The van der Waals surface area contributed by atoms with Gasteiger partial charge in [-0.25, -0.2) is 4.98 Å². The summed E-state index contributed by atoms with van der Waals surface area (Å²) in [6.45, 7) is 7.66. The summed E-state index contributed by atoms with van der Waals surface area (Å²) >= 11 is 0. The molecule has 29 heavy (non-hydrogen) atoms. The maximum atomic E-state index is 13.0. The fourth-order valence-electron chi connectivity index (χ4n) is 3.42. The molecule has 0 aromatic carbocycles. The minimum absolute atomic E-state index is 0.254. The number of hydrogen-bond donors (Lipinski definition) is 1. The Kier molecular flexibility index (Phi) is 6.21. The first-order valence-corrected chi connectivity index (χ1v) is 13.5. The second kappa shape index (κ2) is 8.20. The van der Waals surface area contributed by atoms with Crippen molar-refractivity contribution in [1.29, 1.82) is 0 Å². The molecule has 2 aromatic heterocycles. The van der Waals surface area contributed by atoms with Gasteiger partial charge in [-0.3, -0.25) is 4.98 Å². The van der Waals surface area contributed by atoms with Crippen LogP contribution >= 0.6 is 0 Å². The first kappa shape index (κ1) is 22.0. The minimum Gasteiger partial charge on any atom is -0.380 e. The quantitative estimate of drug-likeness (QED) is 0.503. The van der Waals surface area contributed by atoms with Crippen LogP contribution in [0.15, 0.2) is 30.7 Å². The van der Waals surface area contributed by atoms with Gasteiger partial charge in [-0.15, -0.1) is 0 Å². The minimum atomic E-state index is -4.62. The van der Waals surface area contributed by atoms with Crippen molar-refractivity contribution in [1.82, 2.24) is 14.5 Å². The van der Waals surface area contributed by atoms with Crippen LogP contribution in [-0.4, -0.2) is 46.1 Å². The fourth-order valence-corrected chi connectivity index (χ4v) is 4.18. The Morgan fingerprint density at radius 3 is 2.48 bits per heavy atom. The highest BCUT2D eigenvalue weighted by atomic mass is 28.3. The molecule has 0 spiro atoms. The summed E-state index contributed by atoms with van der Waals surface area (Å²) in [5.74, 6) is 0.115. The van der Waals surface area contributed by atoms with Crippen molar-refractivity contribution in [3.05, 3.63) is 47.8 Å². The van der Waals surface area contributed by atoms with E-state index in [0.29, 0.717) is 18.9 Å². The summed E-state index contributed by atoms with van der Waals surface area (Å²) in [5, 5.41) is 9.82. The van der Waals surface area contributed by atoms with Crippen LogP contribution in [0, 0.1) is 0 Å². The monoisotopic (exact) mass is 427 g/mol. The van der Waals surface area contributed by atoms with Crippen molar-refractivity contribution in [2.24, 2.45) is 0 Å². The van der Waals surface area contributed by atoms with Crippen LogP contribution in [0.1, 0.15) is 35.8 Å². The highest BCUT2D eigenvalue weighted by molar-refractivity contribution is 6.76. The van der Waals surface area contributed by atoms with E-state index in [2.05, 4.69) is 29.6 Å². The molecule has 0 saturated heterocycles. The van der Waals surface area contributed by atoms with Crippen molar-refractivity contribution in [2.75, 3.05) is 6.61 Å². The number of rotatable bonds is 8. The summed E-state index contributed by atoms with van der Waals surface area (Å²) < 4.78 is 46.7. The number of aliphatic hydroxyl groups is 1. The van der Waals surface area contributed by atoms with Crippen molar-refractivity contribution in [3.8, 4) is 0 Å². The van der Waals surface area contributed by atoms with Crippen LogP contribution in [-0.2, 0) is 17.9 Å². The average Bonchev–Trinajstić information content (AvgIpc) is 2.97. The Balaban J connectivity index is 1.72. The van der Waals surface area contributed by atoms with E-state index in [1.165, 1.54) is 0 Å². The Morgan fingerprint density at radius 2 is 1.90 bits per heavy atom. The van der Waals surface area contributed by atoms with Gasteiger partial charge in [0.2, 0.25) is 0 Å². The molecule has 1 fully saturated rings. The molecule has 1 N–H and O–H groups in total. The number of imidazole rings is 1. The molecule has 1 saturated carbocycles. The normalized spacial score (nSPS) is 22.5. The number of hydrogen-bond acceptors (Lipinski definition) is 4. The number of nitrogens with zero attached hydrogens (tertiary/aromatic N) is 3. The lowest BCUT2D eigenvalue weighted by molar-refractivity contribution is -0.291. The summed E-state index contributed by atoms with van der Waals surface area (Å²) in [6, 6.07) is 4.78. The highest BCUT2D eigenvalue weighted by Crippen LogP contribution is 2.52. The van der Waals surface area contributed by atoms with Gasteiger partial charge in [0, 0.05) is 45.6 Å². The maximum absolute atomic E-state index is 13.0. The zero-order chi connectivity index (χ0) is 21.3. The van der Waals surface area contributed by atoms with Gasteiger partial charge < -0.3 is 14.4 Å². The molecule has 0 unspecified atom stereocenters. The third-order valence-electron chi connectivity index (χ3n) is 5.28. The first-order chi connectivity index (χ1) is 13.5. The summed E-state index contributed by atoms with van der Waals surface area (Å²) in [5.41, 5.74) is -0.822. The smallest absolute Gasteiger partial charge is 0.380 e. The molecule has 1 aliphatic rings. The molecule has 2 aromatic rings. The molecule has 1 aliphatic carbocycles. The van der Waals surface area contributed by atoms with Gasteiger partial charge in [-0.2, -0.15) is 13.2 Å². The molecule has 0 bridgehead atoms. The number of ether oxygens (including phenoxy) is 1. The first-order valence-electron chi connectivity index (χ1n) is 9.79. The van der Waals surface area contributed by atoms with E-state index in [1.807, 2.05) is 18.3 Å². The molecule has 0 atom stereocenters. The van der Waals surface area contributed by atoms with Gasteiger partial charge in [-0.05, 0) is 36.6 Å². The third kappa shape index (κ3) is 5.46. The van der Waals surface area contributed by atoms with Crippen LogP contribution in [0.25, 0.3) is 0 Å². The van der Waals surface area contributed by atoms with Crippen molar-refractivity contribution in [2.45, 2.75) is 69.4 Å². The number of halogens is 3. The van der Waals surface area contributed by atoms with Gasteiger partial charge in [0.15, 0.2) is 5.60 Å². The SMILES string of the molecule is C[Si](C)(C)CCOCn1cc(Cc2ccncc2)nc1C1CC(O)(C(F)(F)F)C1. The second-order valence-electron chi connectivity index (χ2n) is 9.07. The zero-order valence-corrected chi connectivity index (χ0v) is 18.0. The molecule has 0 aliphatic heterocycles. The van der Waals surface area contributed by atoms with E-state index in [4.69, 9.17) is 4.74 Å². The van der Waals surface area contributed by atoms with E-state index in [-0.39, 0.29) is 19.6 Å². The van der Waals surface area contributed by atoms with Crippen LogP contribution < -0.4 is 0 Å². The largest absolute Gasteiger partial charge is 0.417 e. The lowest BCUT2D eigenvalue weighted by atomic mass is 9.70. The van der Waals surface area contributed by atoms with Crippen LogP contribution in [0.3, 0.4) is 0 Å². The maximum Gasteiger partial charge on any atom is 0.417 e. The molecule has 5 nitrogen and oxygen atoms in total. The summed E-state index contributed by atoms with van der Waals surface area (Å²) in [7, 11) is -1.23. The van der Waals surface area contributed by atoms with Gasteiger partial charge in [0.1, 0.15) is 12.6 Å². The molecule has 160 valence electrons. The van der Waals surface area contributed by atoms with Crippen molar-refractivity contribution in [3.63, 3.8) is 0 Å². The summed E-state index contributed by atoms with van der Waals surface area (Å²) in [4.78, 5) is 8.59. The van der Waals surface area contributed by atoms with Gasteiger partial charge >= 0.3 is 6.18 Å². The zero-order valence-electron chi connectivity index (χ0n) is 17.0. The number of aromatic nitrogens is 3. The molecule has 2 heterocycles. The second-order valence-corrected chi connectivity index (χ2v) is 14.7. The van der Waals surface area contributed by atoms with Crippen LogP contribution in [0.4, 0.5) is 13.2 Å². The highest BCUT2D eigenvalue weighted by Gasteiger charge is 2.62. The lowest BCUT2D eigenvalue weighted by Gasteiger charge is -2.44. The van der Waals surface area contributed by atoms with Crippen LogP contribution in [0.2, 0.25) is 25.7 Å². The van der Waals surface area contributed by atoms with Crippen molar-refractivity contribution < 1.29 is 23.0 Å². The van der Waals surface area contributed by atoms with Crippen molar-refractivity contribution >= 4 is 8.07 Å². The van der Waals surface area contributed by atoms with E-state index < -0.39 is 25.8 Å². The molecule has 0 radical (unpaired) electrons.